The molecule has 10 aromatic rings. The van der Waals surface area contributed by atoms with Crippen molar-refractivity contribution < 1.29 is 0 Å². The predicted octanol–water partition coefficient (Wildman–Crippen LogP) is 15.8. The molecule has 0 saturated heterocycles. The van der Waals surface area contributed by atoms with Crippen LogP contribution in [0.15, 0.2) is 176 Å². The molecule has 2 aliphatic heterocycles. The summed E-state index contributed by atoms with van der Waals surface area (Å²) in [6.45, 7) is 18.2. The highest BCUT2D eigenvalue weighted by Gasteiger charge is 2.53. The summed E-state index contributed by atoms with van der Waals surface area (Å²) < 4.78 is 2.72. The Hall–Kier alpha value is -7.40. The molecule has 14 rings (SSSR count). The van der Waals surface area contributed by atoms with Crippen molar-refractivity contribution in [2.75, 3.05) is 9.80 Å². The van der Waals surface area contributed by atoms with Gasteiger partial charge in [0.25, 0.3) is 6.71 Å². The van der Waals surface area contributed by atoms with E-state index in [1.807, 2.05) is 11.3 Å². The van der Waals surface area contributed by atoms with Gasteiger partial charge in [-0.25, -0.2) is 0 Å². The third-order valence-corrected chi connectivity index (χ3v) is 17.4. The minimum absolute atomic E-state index is 0.0125. The number of anilines is 6. The van der Waals surface area contributed by atoms with Crippen LogP contribution >= 0.6 is 11.3 Å². The average molecular weight is 917 g/mol. The second-order valence-electron chi connectivity index (χ2n) is 21.6. The van der Waals surface area contributed by atoms with Crippen molar-refractivity contribution in [1.82, 2.24) is 0 Å². The number of hydrogen-bond acceptors (Lipinski definition) is 3. The lowest BCUT2D eigenvalue weighted by Gasteiger charge is -2.43. The number of fused-ring (bicyclic) bond motifs is 16. The lowest BCUT2D eigenvalue weighted by atomic mass is 9.36. The fourth-order valence-electron chi connectivity index (χ4n) is 13.1. The minimum Gasteiger partial charge on any atom is -0.311 e. The molecule has 4 aliphatic rings. The summed E-state index contributed by atoms with van der Waals surface area (Å²) in [5, 5.41) is 1.31. The Labute approximate surface area is 416 Å². The normalized spacial score (nSPS) is 14.3. The molecule has 0 bridgehead atoms. The summed E-state index contributed by atoms with van der Waals surface area (Å²) in [6.07, 6.45) is 0. The van der Waals surface area contributed by atoms with Crippen LogP contribution in [-0.4, -0.2) is 6.71 Å². The van der Waals surface area contributed by atoms with Crippen LogP contribution in [-0.2, 0) is 10.8 Å². The molecule has 0 amide bonds. The van der Waals surface area contributed by atoms with Crippen molar-refractivity contribution in [1.29, 1.82) is 0 Å². The van der Waals surface area contributed by atoms with E-state index >= 15 is 0 Å². The molecule has 1 spiro atoms. The molecule has 0 atom stereocenters. The zero-order valence-electron chi connectivity index (χ0n) is 41.1. The van der Waals surface area contributed by atoms with Crippen molar-refractivity contribution in [3.63, 3.8) is 0 Å². The molecular weight excluding hydrogens is 864 g/mol. The second kappa shape index (κ2) is 14.6. The van der Waals surface area contributed by atoms with Gasteiger partial charge in [-0.2, -0.15) is 0 Å². The highest BCUT2D eigenvalue weighted by atomic mass is 32.1. The molecule has 70 heavy (non-hydrogen) atoms. The van der Waals surface area contributed by atoms with Crippen molar-refractivity contribution in [2.45, 2.75) is 66.2 Å². The van der Waals surface area contributed by atoms with E-state index < -0.39 is 5.41 Å². The van der Waals surface area contributed by atoms with Gasteiger partial charge in [0.2, 0.25) is 0 Å². The Kier molecular flexibility index (Phi) is 8.65. The zero-order valence-corrected chi connectivity index (χ0v) is 41.9. The molecule has 0 N–H and O–H groups in total. The second-order valence-corrected chi connectivity index (χ2v) is 22.7. The van der Waals surface area contributed by atoms with Crippen LogP contribution in [0.3, 0.4) is 0 Å². The van der Waals surface area contributed by atoms with E-state index in [0.29, 0.717) is 0 Å². The summed E-state index contributed by atoms with van der Waals surface area (Å²) in [5.41, 5.74) is 30.9. The number of aryl methyl sites for hydroxylation is 5. The number of thiophene rings is 1. The molecule has 9 aromatic carbocycles. The van der Waals surface area contributed by atoms with Crippen LogP contribution in [0.25, 0.3) is 43.5 Å². The molecule has 336 valence electrons. The maximum Gasteiger partial charge on any atom is 0.264 e. The molecule has 2 nitrogen and oxygen atoms in total. The van der Waals surface area contributed by atoms with Gasteiger partial charge in [0.1, 0.15) is 0 Å². The monoisotopic (exact) mass is 916 g/mol. The molecule has 0 saturated carbocycles. The lowest BCUT2D eigenvalue weighted by Crippen LogP contribution is -2.60. The Balaban J connectivity index is 1.10. The van der Waals surface area contributed by atoms with E-state index in [1.165, 1.54) is 149 Å². The third-order valence-electron chi connectivity index (χ3n) is 16.2. The fourth-order valence-corrected chi connectivity index (χ4v) is 14.5. The third kappa shape index (κ3) is 5.57. The first-order valence-corrected chi connectivity index (χ1v) is 25.8. The number of rotatable bonds is 3. The number of nitrogens with zero attached hydrogens (tertiary/aromatic N) is 2. The largest absolute Gasteiger partial charge is 0.311 e. The Bertz CT molecular complexity index is 3820. The van der Waals surface area contributed by atoms with Gasteiger partial charge in [-0.15, -0.1) is 11.3 Å². The van der Waals surface area contributed by atoms with Gasteiger partial charge in [0.05, 0.1) is 11.1 Å². The molecule has 0 fully saturated rings. The van der Waals surface area contributed by atoms with Crippen molar-refractivity contribution in [2.24, 2.45) is 0 Å². The summed E-state index contributed by atoms with van der Waals surface area (Å²) in [6, 6.07) is 68.4. The maximum atomic E-state index is 2.64. The van der Waals surface area contributed by atoms with Gasteiger partial charge in [-0.05, 0) is 183 Å². The molecule has 2 aliphatic carbocycles. The first kappa shape index (κ1) is 41.6. The molecular formula is C66H53BN2S. The number of hydrogen-bond donors (Lipinski definition) is 0. The molecule has 3 heterocycles. The molecule has 0 unspecified atom stereocenters. The minimum atomic E-state index is -0.422. The fraction of sp³-hybridized carbons (Fsp3) is 0.152. The van der Waals surface area contributed by atoms with Crippen LogP contribution in [0.5, 0.6) is 0 Å². The SMILES string of the molecule is Cc1ccc(N2c3cc(-c4c(C)cccc4C)ccc3B3c4sc5cc6c(cc5c4N(c4ccc(C(C)(C)C)cc4)c4cc(C)cc2c43)-c2ccc(C)cc2C62c3ccccc3-c3ccccc32)cc1. The van der Waals surface area contributed by atoms with Crippen LogP contribution in [0.1, 0.15) is 76.4 Å². The van der Waals surface area contributed by atoms with Gasteiger partial charge < -0.3 is 9.80 Å². The van der Waals surface area contributed by atoms with E-state index in [2.05, 4.69) is 241 Å². The lowest BCUT2D eigenvalue weighted by molar-refractivity contribution is 0.590. The quantitative estimate of drug-likeness (QED) is 0.163. The van der Waals surface area contributed by atoms with Crippen molar-refractivity contribution >= 4 is 78.0 Å². The van der Waals surface area contributed by atoms with E-state index in [1.54, 1.807) is 0 Å². The topological polar surface area (TPSA) is 6.48 Å². The van der Waals surface area contributed by atoms with Crippen LogP contribution in [0.2, 0.25) is 0 Å². The highest BCUT2D eigenvalue weighted by molar-refractivity contribution is 7.33. The van der Waals surface area contributed by atoms with Gasteiger partial charge in [-0.3, -0.25) is 0 Å². The first-order chi connectivity index (χ1) is 33.9. The van der Waals surface area contributed by atoms with E-state index in [-0.39, 0.29) is 12.1 Å². The summed E-state index contributed by atoms with van der Waals surface area (Å²) in [7, 11) is 0. The molecule has 4 heteroatoms. The summed E-state index contributed by atoms with van der Waals surface area (Å²) in [5.74, 6) is 0. The van der Waals surface area contributed by atoms with Crippen molar-refractivity contribution in [3.05, 3.63) is 232 Å². The maximum absolute atomic E-state index is 2.64. The standard InChI is InChI=1S/C66H53BN2S/c1-38-20-26-45(27-21-38)68-57-35-43(61-41(4)14-13-15-42(61)5)23-31-56(57)67-62-58(68)33-40(3)34-59(62)69(46-28-24-44(25-29-46)65(6,7)8)63-51-36-50-49-30-22-39(2)32-54(49)66(55(50)37-60(51)70-64(63)67)52-18-11-9-16-47(52)48-17-10-12-19-53(48)66/h9-37H,1-8H3. The zero-order chi connectivity index (χ0) is 47.5. The highest BCUT2D eigenvalue weighted by Crippen LogP contribution is 2.64. The summed E-state index contributed by atoms with van der Waals surface area (Å²) in [4.78, 5) is 5.21. The van der Waals surface area contributed by atoms with Gasteiger partial charge >= 0.3 is 0 Å². The Morgan fingerprint density at radius 1 is 0.471 bits per heavy atom. The van der Waals surface area contributed by atoms with Crippen LogP contribution in [0.4, 0.5) is 34.1 Å². The molecule has 0 radical (unpaired) electrons. The summed E-state index contributed by atoms with van der Waals surface area (Å²) >= 11 is 2.01. The Morgan fingerprint density at radius 3 is 1.76 bits per heavy atom. The van der Waals surface area contributed by atoms with Crippen LogP contribution < -0.4 is 25.5 Å². The van der Waals surface area contributed by atoms with E-state index in [4.69, 9.17) is 0 Å². The van der Waals surface area contributed by atoms with E-state index in [0.717, 1.165) is 0 Å². The Morgan fingerprint density at radius 2 is 1.07 bits per heavy atom. The van der Waals surface area contributed by atoms with Gasteiger partial charge in [-0.1, -0.05) is 153 Å². The van der Waals surface area contributed by atoms with Crippen molar-refractivity contribution in [3.8, 4) is 33.4 Å². The van der Waals surface area contributed by atoms with Gasteiger partial charge in [0, 0.05) is 43.3 Å². The van der Waals surface area contributed by atoms with E-state index in [9.17, 15) is 0 Å². The van der Waals surface area contributed by atoms with Gasteiger partial charge in [0.15, 0.2) is 0 Å². The smallest absolute Gasteiger partial charge is 0.264 e. The predicted molar refractivity (Wildman–Crippen MR) is 300 cm³/mol. The van der Waals surface area contributed by atoms with Crippen LogP contribution in [0, 0.1) is 34.6 Å². The first-order valence-electron chi connectivity index (χ1n) is 24.9. The number of benzene rings is 9. The average Bonchev–Trinajstić information content (AvgIpc) is 3.97. The molecule has 1 aromatic heterocycles.